The van der Waals surface area contributed by atoms with Crippen LogP contribution in [0.25, 0.3) is 20.8 Å². The van der Waals surface area contributed by atoms with E-state index in [1.54, 1.807) is 34.4 Å². The summed E-state index contributed by atoms with van der Waals surface area (Å²) in [5.74, 6) is 0.863. The van der Waals surface area contributed by atoms with Crippen LogP contribution in [0.4, 0.5) is 0 Å². The van der Waals surface area contributed by atoms with Crippen LogP contribution < -0.4 is 0 Å². The number of benzene rings is 2. The third-order valence-electron chi connectivity index (χ3n) is 3.43. The van der Waals surface area contributed by atoms with Crippen LogP contribution >= 0.6 is 34.4 Å². The maximum absolute atomic E-state index is 4.77. The van der Waals surface area contributed by atoms with Gasteiger partial charge in [0, 0.05) is 16.7 Å². The molecule has 0 spiro atoms. The van der Waals surface area contributed by atoms with Crippen molar-refractivity contribution < 1.29 is 0 Å². The fraction of sp³-hybridized carbons (Fsp3) is 0.111. The Kier molecular flexibility index (Phi) is 4.16. The Morgan fingerprint density at radius 1 is 1.04 bits per heavy atom. The number of hydrogen-bond donors (Lipinski definition) is 0. The van der Waals surface area contributed by atoms with Crippen LogP contribution in [-0.2, 0) is 5.75 Å². The van der Waals surface area contributed by atoms with Crippen LogP contribution in [0, 0.1) is 6.92 Å². The van der Waals surface area contributed by atoms with Crippen LogP contribution in [0.3, 0.4) is 0 Å². The largest absolute Gasteiger partial charge is 0.240 e. The summed E-state index contributed by atoms with van der Waals surface area (Å²) in [5, 5.41) is 3.24. The standard InChI is InChI=1S/C18H14N2S3/c1-12-5-4-6-13(9-12)17-19-14(10-21-17)11-22-18-20-15-7-2-3-8-16(15)23-18/h2-10H,11H2,1H3. The van der Waals surface area contributed by atoms with Gasteiger partial charge in [-0.1, -0.05) is 47.7 Å². The van der Waals surface area contributed by atoms with E-state index in [1.807, 2.05) is 6.07 Å². The third-order valence-corrected chi connectivity index (χ3v) is 6.59. The maximum Gasteiger partial charge on any atom is 0.151 e. The first-order chi connectivity index (χ1) is 11.3. The minimum Gasteiger partial charge on any atom is -0.240 e. The second kappa shape index (κ2) is 6.43. The van der Waals surface area contributed by atoms with Crippen LogP contribution in [-0.4, -0.2) is 9.97 Å². The maximum atomic E-state index is 4.77. The van der Waals surface area contributed by atoms with Gasteiger partial charge < -0.3 is 0 Å². The Balaban J connectivity index is 1.49. The van der Waals surface area contributed by atoms with Crippen molar-refractivity contribution in [3.8, 4) is 10.6 Å². The number of nitrogens with zero attached hydrogens (tertiary/aromatic N) is 2. The summed E-state index contributed by atoms with van der Waals surface area (Å²) in [5.41, 5.74) is 4.67. The molecule has 2 aromatic heterocycles. The summed E-state index contributed by atoms with van der Waals surface area (Å²) in [6.45, 7) is 2.11. The first kappa shape index (κ1) is 14.9. The Bertz CT molecular complexity index is 922. The number of thiazole rings is 2. The molecule has 0 aliphatic carbocycles. The van der Waals surface area contributed by atoms with Gasteiger partial charge in [-0.15, -0.1) is 22.7 Å². The predicted octanol–water partition coefficient (Wildman–Crippen LogP) is 6.02. The number of fused-ring (bicyclic) bond motifs is 1. The Labute approximate surface area is 147 Å². The van der Waals surface area contributed by atoms with Crippen LogP contribution in [0.2, 0.25) is 0 Å². The fourth-order valence-electron chi connectivity index (χ4n) is 2.33. The average Bonchev–Trinajstić information content (AvgIpc) is 3.19. The predicted molar refractivity (Wildman–Crippen MR) is 101 cm³/mol. The normalized spacial score (nSPS) is 11.2. The van der Waals surface area contributed by atoms with Gasteiger partial charge in [-0.3, -0.25) is 0 Å². The number of thioether (sulfide) groups is 1. The third kappa shape index (κ3) is 3.32. The molecule has 114 valence electrons. The SMILES string of the molecule is Cc1cccc(-c2nc(CSc3nc4ccccc4s3)cs2)c1. The molecule has 0 bridgehead atoms. The molecule has 0 unspecified atom stereocenters. The summed E-state index contributed by atoms with van der Waals surface area (Å²) in [4.78, 5) is 9.43. The van der Waals surface area contributed by atoms with E-state index in [2.05, 4.69) is 59.8 Å². The summed E-state index contributed by atoms with van der Waals surface area (Å²) in [6.07, 6.45) is 0. The van der Waals surface area contributed by atoms with E-state index in [0.29, 0.717) is 0 Å². The topological polar surface area (TPSA) is 25.8 Å². The van der Waals surface area contributed by atoms with E-state index in [1.165, 1.54) is 15.8 Å². The van der Waals surface area contributed by atoms with Gasteiger partial charge in [-0.2, -0.15) is 0 Å². The van der Waals surface area contributed by atoms with Crippen LogP contribution in [0.15, 0.2) is 58.3 Å². The minimum atomic E-state index is 0.863. The van der Waals surface area contributed by atoms with Gasteiger partial charge in [0.1, 0.15) is 5.01 Å². The molecule has 0 aliphatic heterocycles. The van der Waals surface area contributed by atoms with E-state index in [9.17, 15) is 0 Å². The van der Waals surface area contributed by atoms with Gasteiger partial charge in [-0.25, -0.2) is 9.97 Å². The van der Waals surface area contributed by atoms with Crippen molar-refractivity contribution in [2.24, 2.45) is 0 Å². The molecule has 0 amide bonds. The van der Waals surface area contributed by atoms with Gasteiger partial charge in [0.05, 0.1) is 15.9 Å². The molecule has 0 radical (unpaired) electrons. The van der Waals surface area contributed by atoms with Gasteiger partial charge in [0.2, 0.25) is 0 Å². The molecule has 0 atom stereocenters. The van der Waals surface area contributed by atoms with Crippen molar-refractivity contribution in [2.45, 2.75) is 17.0 Å². The van der Waals surface area contributed by atoms with Crippen molar-refractivity contribution in [1.29, 1.82) is 0 Å². The molecular weight excluding hydrogens is 340 g/mol. The lowest BCUT2D eigenvalue weighted by molar-refractivity contribution is 1.22. The Hall–Kier alpha value is -1.69. The highest BCUT2D eigenvalue weighted by molar-refractivity contribution is 8.00. The molecule has 2 aromatic carbocycles. The van der Waals surface area contributed by atoms with Crippen LogP contribution in [0.1, 0.15) is 11.3 Å². The number of para-hydroxylation sites is 1. The summed E-state index contributed by atoms with van der Waals surface area (Å²) in [7, 11) is 0. The molecule has 4 aromatic rings. The monoisotopic (exact) mass is 354 g/mol. The molecule has 5 heteroatoms. The highest BCUT2D eigenvalue weighted by Gasteiger charge is 2.08. The van der Waals surface area contributed by atoms with Gasteiger partial charge in [0.15, 0.2) is 4.34 Å². The molecule has 0 fully saturated rings. The van der Waals surface area contributed by atoms with Gasteiger partial charge in [-0.05, 0) is 25.1 Å². The number of aromatic nitrogens is 2. The minimum absolute atomic E-state index is 0.863. The zero-order valence-corrected chi connectivity index (χ0v) is 15.0. The highest BCUT2D eigenvalue weighted by atomic mass is 32.2. The molecule has 23 heavy (non-hydrogen) atoms. The van der Waals surface area contributed by atoms with E-state index >= 15 is 0 Å². The van der Waals surface area contributed by atoms with Crippen molar-refractivity contribution in [3.63, 3.8) is 0 Å². The average molecular weight is 355 g/mol. The fourth-order valence-corrected chi connectivity index (χ4v) is 5.22. The van der Waals surface area contributed by atoms with E-state index in [4.69, 9.17) is 4.98 Å². The number of hydrogen-bond acceptors (Lipinski definition) is 5. The molecule has 0 saturated heterocycles. The van der Waals surface area contributed by atoms with Crippen LogP contribution in [0.5, 0.6) is 0 Å². The van der Waals surface area contributed by atoms with E-state index in [0.717, 1.165) is 26.3 Å². The summed E-state index contributed by atoms with van der Waals surface area (Å²) >= 11 is 5.22. The summed E-state index contributed by atoms with van der Waals surface area (Å²) < 4.78 is 2.35. The molecular formula is C18H14N2S3. The molecule has 2 nitrogen and oxygen atoms in total. The second-order valence-corrected chi connectivity index (χ2v) is 8.36. The number of rotatable bonds is 4. The number of aryl methyl sites for hydroxylation is 1. The van der Waals surface area contributed by atoms with E-state index < -0.39 is 0 Å². The molecule has 0 N–H and O–H groups in total. The lowest BCUT2D eigenvalue weighted by Crippen LogP contribution is -1.82. The first-order valence-corrected chi connectivity index (χ1v) is 9.96. The highest BCUT2D eigenvalue weighted by Crippen LogP contribution is 2.32. The van der Waals surface area contributed by atoms with Crippen molar-refractivity contribution in [3.05, 3.63) is 65.2 Å². The first-order valence-electron chi connectivity index (χ1n) is 7.28. The quantitative estimate of drug-likeness (QED) is 0.419. The van der Waals surface area contributed by atoms with Crippen molar-refractivity contribution in [2.75, 3.05) is 0 Å². The van der Waals surface area contributed by atoms with Gasteiger partial charge >= 0.3 is 0 Å². The lowest BCUT2D eigenvalue weighted by atomic mass is 10.1. The molecule has 2 heterocycles. The van der Waals surface area contributed by atoms with Crippen molar-refractivity contribution in [1.82, 2.24) is 9.97 Å². The van der Waals surface area contributed by atoms with E-state index in [-0.39, 0.29) is 0 Å². The zero-order valence-electron chi connectivity index (χ0n) is 12.5. The second-order valence-electron chi connectivity index (χ2n) is 5.25. The van der Waals surface area contributed by atoms with Crippen molar-refractivity contribution >= 4 is 44.7 Å². The smallest absolute Gasteiger partial charge is 0.151 e. The lowest BCUT2D eigenvalue weighted by Gasteiger charge is -1.97. The molecule has 0 aliphatic rings. The van der Waals surface area contributed by atoms with Gasteiger partial charge in [0.25, 0.3) is 0 Å². The molecule has 0 saturated carbocycles. The Morgan fingerprint density at radius 3 is 2.83 bits per heavy atom. The zero-order chi connectivity index (χ0) is 15.6. The summed E-state index contributed by atoms with van der Waals surface area (Å²) in [6, 6.07) is 16.8. The Morgan fingerprint density at radius 2 is 1.96 bits per heavy atom. The molecule has 4 rings (SSSR count).